The fraction of sp³-hybridized carbons (Fsp3) is 0.579. The van der Waals surface area contributed by atoms with E-state index in [0.29, 0.717) is 23.8 Å². The number of hydrogen-bond donors (Lipinski definition) is 0. The van der Waals surface area contributed by atoms with E-state index in [2.05, 4.69) is 19.0 Å². The van der Waals surface area contributed by atoms with Crippen LogP contribution >= 0.6 is 0 Å². The summed E-state index contributed by atoms with van der Waals surface area (Å²) in [5.74, 6) is 0.754. The molecule has 0 N–H and O–H groups in total. The molecule has 0 radical (unpaired) electrons. The molecule has 132 valence electrons. The van der Waals surface area contributed by atoms with E-state index >= 15 is 0 Å². The van der Waals surface area contributed by atoms with Gasteiger partial charge >= 0.3 is 0 Å². The fourth-order valence-electron chi connectivity index (χ4n) is 2.95. The van der Waals surface area contributed by atoms with Gasteiger partial charge in [0.2, 0.25) is 0 Å². The number of likely N-dealkylation sites (tertiary alicyclic amines) is 1. The van der Waals surface area contributed by atoms with Crippen LogP contribution < -0.4 is 4.74 Å². The molecule has 5 nitrogen and oxygen atoms in total. The first-order valence-electron chi connectivity index (χ1n) is 8.71. The lowest BCUT2D eigenvalue weighted by Crippen LogP contribution is -2.43. The normalized spacial score (nSPS) is 18.3. The van der Waals surface area contributed by atoms with Gasteiger partial charge in [-0.1, -0.05) is 13.3 Å². The molecule has 0 aliphatic carbocycles. The number of nitrogens with zero attached hydrogens (tertiary/aromatic N) is 2. The minimum Gasteiger partial charge on any atom is -0.484 e. The molecule has 24 heavy (non-hydrogen) atoms. The Morgan fingerprint density at radius 3 is 2.54 bits per heavy atom. The summed E-state index contributed by atoms with van der Waals surface area (Å²) in [7, 11) is 4.13. The van der Waals surface area contributed by atoms with Gasteiger partial charge in [0.25, 0.3) is 5.91 Å². The monoisotopic (exact) mass is 332 g/mol. The van der Waals surface area contributed by atoms with Crippen LogP contribution in [0.3, 0.4) is 0 Å². The van der Waals surface area contributed by atoms with Crippen LogP contribution in [0.25, 0.3) is 0 Å². The zero-order chi connectivity index (χ0) is 17.5. The first kappa shape index (κ1) is 18.5. The molecule has 1 amide bonds. The van der Waals surface area contributed by atoms with Crippen LogP contribution in [-0.2, 0) is 4.79 Å². The second-order valence-corrected chi connectivity index (χ2v) is 6.54. The van der Waals surface area contributed by atoms with Crippen LogP contribution in [0.2, 0.25) is 0 Å². The van der Waals surface area contributed by atoms with E-state index in [1.165, 1.54) is 0 Å². The molecule has 1 aliphatic heterocycles. The van der Waals surface area contributed by atoms with Gasteiger partial charge in [0.15, 0.2) is 12.4 Å². The molecule has 1 fully saturated rings. The van der Waals surface area contributed by atoms with Crippen LogP contribution in [-0.4, -0.2) is 61.3 Å². The second-order valence-electron chi connectivity index (χ2n) is 6.54. The zero-order valence-corrected chi connectivity index (χ0v) is 15.0. The molecule has 1 aromatic carbocycles. The van der Waals surface area contributed by atoms with Crippen molar-refractivity contribution in [3.63, 3.8) is 0 Å². The van der Waals surface area contributed by atoms with E-state index in [9.17, 15) is 9.59 Å². The van der Waals surface area contributed by atoms with Gasteiger partial charge in [0.1, 0.15) is 5.75 Å². The molecule has 0 bridgehead atoms. The zero-order valence-electron chi connectivity index (χ0n) is 15.0. The third-order valence-corrected chi connectivity index (χ3v) is 4.59. The second kappa shape index (κ2) is 8.83. The Kier molecular flexibility index (Phi) is 6.79. The predicted octanol–water partition coefficient (Wildman–Crippen LogP) is 2.60. The van der Waals surface area contributed by atoms with Crippen molar-refractivity contribution in [1.82, 2.24) is 9.80 Å². The maximum Gasteiger partial charge on any atom is 0.260 e. The Morgan fingerprint density at radius 1 is 1.21 bits per heavy atom. The lowest BCUT2D eigenvalue weighted by Gasteiger charge is -2.28. The largest absolute Gasteiger partial charge is 0.484 e. The van der Waals surface area contributed by atoms with Gasteiger partial charge in [-0.3, -0.25) is 9.59 Å². The number of Topliss-reactive ketones (excluding diaryl/α,β-unsaturated/α-hetero) is 1. The quantitative estimate of drug-likeness (QED) is 0.752. The lowest BCUT2D eigenvalue weighted by atomic mass is 10.1. The molecule has 0 aromatic heterocycles. The molecule has 1 atom stereocenters. The number of rotatable bonds is 6. The van der Waals surface area contributed by atoms with Crippen molar-refractivity contribution in [3.05, 3.63) is 29.8 Å². The Hall–Kier alpha value is -1.88. The number of benzene rings is 1. The van der Waals surface area contributed by atoms with Gasteiger partial charge in [-0.15, -0.1) is 0 Å². The lowest BCUT2D eigenvalue weighted by molar-refractivity contribution is -0.133. The van der Waals surface area contributed by atoms with Crippen LogP contribution in [0.5, 0.6) is 5.75 Å². The van der Waals surface area contributed by atoms with Gasteiger partial charge in [-0.25, -0.2) is 0 Å². The van der Waals surface area contributed by atoms with E-state index in [1.54, 1.807) is 24.3 Å². The maximum atomic E-state index is 12.4. The highest BCUT2D eigenvalue weighted by Crippen LogP contribution is 2.16. The molecule has 1 aromatic rings. The highest BCUT2D eigenvalue weighted by Gasteiger charge is 2.23. The number of carbonyl (C=O) groups excluding carboxylic acids is 2. The summed E-state index contributed by atoms with van der Waals surface area (Å²) in [6.07, 6.45) is 3.82. The molecule has 1 aliphatic rings. The topological polar surface area (TPSA) is 49.9 Å². The van der Waals surface area contributed by atoms with Crippen LogP contribution in [0.15, 0.2) is 24.3 Å². The fourth-order valence-corrected chi connectivity index (χ4v) is 2.95. The molecule has 1 heterocycles. The summed E-state index contributed by atoms with van der Waals surface area (Å²) in [6, 6.07) is 7.41. The van der Waals surface area contributed by atoms with Gasteiger partial charge in [0.05, 0.1) is 0 Å². The SMILES string of the molecule is CCC(=O)c1ccc(OCC(=O)N2CCCCC(N(C)C)C2)cc1. The Labute approximate surface area is 144 Å². The van der Waals surface area contributed by atoms with Crippen molar-refractivity contribution >= 4 is 11.7 Å². The standard InChI is InChI=1S/C19H28N2O3/c1-4-18(22)15-8-10-17(11-9-15)24-14-19(23)21-12-6-5-7-16(13-21)20(2)3/h8-11,16H,4-7,12-14H2,1-3H3. The summed E-state index contributed by atoms with van der Waals surface area (Å²) >= 11 is 0. The maximum absolute atomic E-state index is 12.4. The first-order valence-corrected chi connectivity index (χ1v) is 8.71. The minimum atomic E-state index is 0.0254. The van der Waals surface area contributed by atoms with Gasteiger partial charge in [-0.05, 0) is 51.2 Å². The van der Waals surface area contributed by atoms with Crippen LogP contribution in [0.1, 0.15) is 43.0 Å². The molecule has 1 saturated heterocycles. The van der Waals surface area contributed by atoms with Crippen molar-refractivity contribution in [1.29, 1.82) is 0 Å². The average molecular weight is 332 g/mol. The predicted molar refractivity (Wildman–Crippen MR) is 94.5 cm³/mol. The summed E-state index contributed by atoms with van der Waals surface area (Å²) in [4.78, 5) is 28.2. The smallest absolute Gasteiger partial charge is 0.260 e. The van der Waals surface area contributed by atoms with E-state index in [4.69, 9.17) is 4.74 Å². The highest BCUT2D eigenvalue weighted by atomic mass is 16.5. The van der Waals surface area contributed by atoms with Crippen molar-refractivity contribution < 1.29 is 14.3 Å². The summed E-state index contributed by atoms with van der Waals surface area (Å²) < 4.78 is 5.61. The number of amides is 1. The first-order chi connectivity index (χ1) is 11.5. The van der Waals surface area contributed by atoms with Crippen LogP contribution in [0.4, 0.5) is 0 Å². The van der Waals surface area contributed by atoms with E-state index in [-0.39, 0.29) is 18.3 Å². The molecule has 0 spiro atoms. The molecule has 1 unspecified atom stereocenters. The Bertz CT molecular complexity index is 554. The molecule has 5 heteroatoms. The van der Waals surface area contributed by atoms with E-state index in [1.807, 2.05) is 11.8 Å². The number of ketones is 1. The Balaban J connectivity index is 1.88. The number of hydrogen-bond acceptors (Lipinski definition) is 4. The van der Waals surface area contributed by atoms with E-state index in [0.717, 1.165) is 32.4 Å². The van der Waals surface area contributed by atoms with Gasteiger partial charge in [-0.2, -0.15) is 0 Å². The minimum absolute atomic E-state index is 0.0254. The van der Waals surface area contributed by atoms with Crippen molar-refractivity contribution in [2.45, 2.75) is 38.6 Å². The Morgan fingerprint density at radius 2 is 1.92 bits per heavy atom. The summed E-state index contributed by atoms with van der Waals surface area (Å²) in [5.41, 5.74) is 0.678. The van der Waals surface area contributed by atoms with Crippen molar-refractivity contribution in [2.75, 3.05) is 33.8 Å². The summed E-state index contributed by atoms with van der Waals surface area (Å²) in [5, 5.41) is 0. The number of ether oxygens (including phenoxy) is 1. The van der Waals surface area contributed by atoms with E-state index < -0.39 is 0 Å². The van der Waals surface area contributed by atoms with Crippen molar-refractivity contribution in [2.24, 2.45) is 0 Å². The van der Waals surface area contributed by atoms with Gasteiger partial charge in [0, 0.05) is 31.1 Å². The van der Waals surface area contributed by atoms with Crippen molar-refractivity contribution in [3.8, 4) is 5.75 Å². The molecular formula is C19H28N2O3. The van der Waals surface area contributed by atoms with Gasteiger partial charge < -0.3 is 14.5 Å². The molecular weight excluding hydrogens is 304 g/mol. The highest BCUT2D eigenvalue weighted by molar-refractivity contribution is 5.95. The molecule has 2 rings (SSSR count). The van der Waals surface area contributed by atoms with Crippen LogP contribution in [0, 0.1) is 0 Å². The average Bonchev–Trinajstić information content (AvgIpc) is 2.86. The number of carbonyl (C=O) groups is 2. The third kappa shape index (κ3) is 5.06. The third-order valence-electron chi connectivity index (χ3n) is 4.59. The number of likely N-dealkylation sites (N-methyl/N-ethyl adjacent to an activating group) is 1. The molecule has 0 saturated carbocycles. The summed E-state index contributed by atoms with van der Waals surface area (Å²) in [6.45, 7) is 3.45.